The molecule has 0 amide bonds. The van der Waals surface area contributed by atoms with Gasteiger partial charge in [0.05, 0.1) is 11.5 Å². The van der Waals surface area contributed by atoms with E-state index in [1.807, 2.05) is 20.0 Å². The molecule has 0 fully saturated rings. The van der Waals surface area contributed by atoms with Gasteiger partial charge in [0.2, 0.25) is 11.7 Å². The quantitative estimate of drug-likeness (QED) is 0.684. The lowest BCUT2D eigenvalue weighted by molar-refractivity contribution is -0.113. The number of fused-ring (bicyclic) bond motifs is 1. The average molecular weight is 271 g/mol. The highest BCUT2D eigenvalue weighted by Crippen LogP contribution is 2.26. The molecule has 0 bridgehead atoms. The number of nitrogens with zero attached hydrogens (tertiary/aromatic N) is 2. The van der Waals surface area contributed by atoms with Gasteiger partial charge in [-0.2, -0.15) is 0 Å². The van der Waals surface area contributed by atoms with Gasteiger partial charge < -0.3 is 9.72 Å². The van der Waals surface area contributed by atoms with Gasteiger partial charge in [-0.3, -0.25) is 4.79 Å². The predicted molar refractivity (Wildman–Crippen MR) is 76.4 cm³/mol. The summed E-state index contributed by atoms with van der Waals surface area (Å²) in [5.41, 5.74) is 1.65. The maximum atomic E-state index is 11.2. The largest absolute Gasteiger partial charge is 0.474 e. The van der Waals surface area contributed by atoms with Crippen LogP contribution < -0.4 is 4.74 Å². The number of H-pyrrole nitrogens is 1. The number of nitrogens with one attached hydrogen (secondary N) is 1. The predicted octanol–water partition coefficient (Wildman–Crippen LogP) is 2.27. The van der Waals surface area contributed by atoms with Gasteiger partial charge in [0.1, 0.15) is 12.0 Å². The van der Waals surface area contributed by atoms with Crippen molar-refractivity contribution < 1.29 is 9.53 Å². The lowest BCUT2D eigenvalue weighted by Gasteiger charge is -2.09. The van der Waals surface area contributed by atoms with Gasteiger partial charge in [0.15, 0.2) is 0 Å². The molecule has 0 aliphatic rings. The SMILES string of the molecule is CCC(=O)C#CCc1c[nH]c2ncnc(OC(C)C)c12. The molecule has 5 nitrogen and oxygen atoms in total. The first-order valence-electron chi connectivity index (χ1n) is 6.61. The fourth-order valence-electron chi connectivity index (χ4n) is 1.77. The highest BCUT2D eigenvalue weighted by Gasteiger charge is 2.12. The van der Waals surface area contributed by atoms with Gasteiger partial charge in [-0.1, -0.05) is 12.8 Å². The summed E-state index contributed by atoms with van der Waals surface area (Å²) in [6.07, 6.45) is 4.23. The lowest BCUT2D eigenvalue weighted by Crippen LogP contribution is -2.07. The van der Waals surface area contributed by atoms with Crippen molar-refractivity contribution in [2.45, 2.75) is 39.7 Å². The van der Waals surface area contributed by atoms with E-state index in [1.165, 1.54) is 6.33 Å². The van der Waals surface area contributed by atoms with Crippen LogP contribution in [0.25, 0.3) is 11.0 Å². The number of Topliss-reactive ketones (excluding diaryl/α,β-unsaturated/α-hetero) is 1. The average Bonchev–Trinajstić information content (AvgIpc) is 2.82. The molecule has 2 heterocycles. The standard InChI is InChI=1S/C15H17N3O2/c1-4-12(19)7-5-6-11-8-16-14-13(11)15(18-9-17-14)20-10(2)3/h8-10H,4,6H2,1-3H3,(H,16,17,18). The fourth-order valence-corrected chi connectivity index (χ4v) is 1.77. The van der Waals surface area contributed by atoms with Crippen LogP contribution in [0.4, 0.5) is 0 Å². The Kier molecular flexibility index (Phi) is 4.36. The van der Waals surface area contributed by atoms with Crippen LogP contribution in [-0.4, -0.2) is 26.8 Å². The highest BCUT2D eigenvalue weighted by molar-refractivity contribution is 5.95. The number of hydrogen-bond acceptors (Lipinski definition) is 4. The van der Waals surface area contributed by atoms with Crippen molar-refractivity contribution in [3.05, 3.63) is 18.1 Å². The van der Waals surface area contributed by atoms with E-state index in [0.29, 0.717) is 24.4 Å². The van der Waals surface area contributed by atoms with E-state index < -0.39 is 0 Å². The number of aromatic nitrogens is 3. The minimum atomic E-state index is -0.0558. The maximum absolute atomic E-state index is 11.2. The zero-order valence-electron chi connectivity index (χ0n) is 11.9. The third-order valence-corrected chi connectivity index (χ3v) is 2.69. The molecule has 0 spiro atoms. The Morgan fingerprint density at radius 2 is 2.25 bits per heavy atom. The van der Waals surface area contributed by atoms with Gasteiger partial charge in [0.25, 0.3) is 0 Å². The lowest BCUT2D eigenvalue weighted by atomic mass is 10.1. The van der Waals surface area contributed by atoms with Gasteiger partial charge in [-0.15, -0.1) is 0 Å². The first-order chi connectivity index (χ1) is 9.61. The minimum Gasteiger partial charge on any atom is -0.474 e. The molecule has 0 aromatic carbocycles. The number of aromatic amines is 1. The van der Waals surface area contributed by atoms with Crippen molar-refractivity contribution in [2.24, 2.45) is 0 Å². The molecule has 0 aliphatic carbocycles. The van der Waals surface area contributed by atoms with Crippen LogP contribution in [0.1, 0.15) is 32.8 Å². The number of carbonyl (C=O) groups excluding carboxylic acids is 1. The number of carbonyl (C=O) groups is 1. The zero-order valence-corrected chi connectivity index (χ0v) is 11.9. The van der Waals surface area contributed by atoms with Crippen molar-refractivity contribution in [2.75, 3.05) is 0 Å². The molecule has 2 aromatic rings. The summed E-state index contributed by atoms with van der Waals surface area (Å²) in [7, 11) is 0. The molecule has 5 heteroatoms. The Hall–Kier alpha value is -2.35. The number of ether oxygens (including phenoxy) is 1. The van der Waals surface area contributed by atoms with Crippen molar-refractivity contribution in [3.63, 3.8) is 0 Å². The monoisotopic (exact) mass is 271 g/mol. The second kappa shape index (κ2) is 6.20. The van der Waals surface area contributed by atoms with Crippen LogP contribution in [0, 0.1) is 11.8 Å². The molecular weight excluding hydrogens is 254 g/mol. The second-order valence-corrected chi connectivity index (χ2v) is 4.64. The molecule has 20 heavy (non-hydrogen) atoms. The normalized spacial score (nSPS) is 10.4. The van der Waals surface area contributed by atoms with E-state index in [-0.39, 0.29) is 11.9 Å². The summed E-state index contributed by atoms with van der Waals surface area (Å²) in [5, 5.41) is 0.833. The Bertz CT molecular complexity index is 677. The van der Waals surface area contributed by atoms with Gasteiger partial charge in [-0.05, 0) is 25.3 Å². The van der Waals surface area contributed by atoms with Crippen LogP contribution in [0.3, 0.4) is 0 Å². The Morgan fingerprint density at radius 3 is 2.95 bits per heavy atom. The van der Waals surface area contributed by atoms with Crippen LogP contribution in [0.15, 0.2) is 12.5 Å². The van der Waals surface area contributed by atoms with Crippen molar-refractivity contribution >= 4 is 16.8 Å². The Labute approximate surface area is 117 Å². The van der Waals surface area contributed by atoms with Gasteiger partial charge in [-0.25, -0.2) is 9.97 Å². The molecule has 0 saturated heterocycles. The summed E-state index contributed by atoms with van der Waals surface area (Å²) < 4.78 is 5.69. The molecule has 0 aliphatic heterocycles. The van der Waals surface area contributed by atoms with Crippen LogP contribution >= 0.6 is 0 Å². The topological polar surface area (TPSA) is 67.9 Å². The molecular formula is C15H17N3O2. The summed E-state index contributed by atoms with van der Waals surface area (Å²) in [6.45, 7) is 5.69. The smallest absolute Gasteiger partial charge is 0.226 e. The molecule has 0 atom stereocenters. The number of hydrogen-bond donors (Lipinski definition) is 1. The van der Waals surface area contributed by atoms with Gasteiger partial charge >= 0.3 is 0 Å². The third-order valence-electron chi connectivity index (χ3n) is 2.69. The fraction of sp³-hybridized carbons (Fsp3) is 0.400. The van der Waals surface area contributed by atoms with E-state index >= 15 is 0 Å². The zero-order chi connectivity index (χ0) is 14.5. The second-order valence-electron chi connectivity index (χ2n) is 4.64. The third kappa shape index (κ3) is 3.15. The number of ketones is 1. The van der Waals surface area contributed by atoms with E-state index in [4.69, 9.17) is 4.74 Å². The summed E-state index contributed by atoms with van der Waals surface area (Å²) in [6, 6.07) is 0. The first-order valence-corrected chi connectivity index (χ1v) is 6.61. The Morgan fingerprint density at radius 1 is 1.45 bits per heavy atom. The molecule has 2 rings (SSSR count). The molecule has 1 N–H and O–H groups in total. The van der Waals surface area contributed by atoms with Crippen LogP contribution in [0.2, 0.25) is 0 Å². The van der Waals surface area contributed by atoms with Crippen molar-refractivity contribution in [1.29, 1.82) is 0 Å². The first kappa shape index (κ1) is 14.1. The van der Waals surface area contributed by atoms with E-state index in [9.17, 15) is 4.79 Å². The molecule has 0 saturated carbocycles. The van der Waals surface area contributed by atoms with Crippen LogP contribution in [0.5, 0.6) is 5.88 Å². The van der Waals surface area contributed by atoms with E-state index in [0.717, 1.165) is 10.9 Å². The van der Waals surface area contributed by atoms with E-state index in [2.05, 4.69) is 26.8 Å². The summed E-state index contributed by atoms with van der Waals surface area (Å²) in [4.78, 5) is 22.6. The minimum absolute atomic E-state index is 0.0311. The molecule has 0 unspecified atom stereocenters. The number of rotatable bonds is 4. The van der Waals surface area contributed by atoms with E-state index in [1.54, 1.807) is 6.92 Å². The molecule has 2 aromatic heterocycles. The summed E-state index contributed by atoms with van der Waals surface area (Å²) >= 11 is 0. The summed E-state index contributed by atoms with van der Waals surface area (Å²) in [5.74, 6) is 5.98. The van der Waals surface area contributed by atoms with Crippen molar-refractivity contribution in [3.8, 4) is 17.7 Å². The van der Waals surface area contributed by atoms with Crippen LogP contribution in [-0.2, 0) is 11.2 Å². The Balaban J connectivity index is 2.33. The molecule has 104 valence electrons. The maximum Gasteiger partial charge on any atom is 0.226 e. The molecule has 0 radical (unpaired) electrons. The highest BCUT2D eigenvalue weighted by atomic mass is 16.5. The van der Waals surface area contributed by atoms with Gasteiger partial charge in [0, 0.05) is 19.0 Å². The van der Waals surface area contributed by atoms with Crippen molar-refractivity contribution in [1.82, 2.24) is 15.0 Å².